The Morgan fingerprint density at radius 1 is 0.848 bits per heavy atom. The van der Waals surface area contributed by atoms with Gasteiger partial charge in [-0.1, -0.05) is 91.5 Å². The molecule has 0 radical (unpaired) electrons. The van der Waals surface area contributed by atoms with Crippen molar-refractivity contribution in [2.45, 2.75) is 19.4 Å². The second-order valence-electron chi connectivity index (χ2n) is 8.34. The van der Waals surface area contributed by atoms with Gasteiger partial charge in [0.25, 0.3) is 0 Å². The van der Waals surface area contributed by atoms with Gasteiger partial charge >= 0.3 is 0 Å². The Kier molecular flexibility index (Phi) is 5.82. The second-order valence-corrected chi connectivity index (χ2v) is 8.34. The monoisotopic (exact) mass is 426 g/mol. The van der Waals surface area contributed by atoms with E-state index in [1.807, 2.05) is 24.6 Å². The average molecular weight is 427 g/mol. The Balaban J connectivity index is 1.55. The van der Waals surface area contributed by atoms with Crippen LogP contribution in [0, 0.1) is 6.92 Å². The number of pyridine rings is 1. The number of nitrogens with zero attached hydrogens (tertiary/aromatic N) is 2. The van der Waals surface area contributed by atoms with E-state index in [4.69, 9.17) is 9.98 Å². The molecule has 1 aliphatic rings. The lowest BCUT2D eigenvalue weighted by molar-refractivity contribution is 0.738. The van der Waals surface area contributed by atoms with E-state index < -0.39 is 0 Å². The lowest BCUT2D eigenvalue weighted by Crippen LogP contribution is -2.03. The molecule has 1 aromatic heterocycles. The molecule has 2 heterocycles. The number of aliphatic imine (C=N–C) groups is 1. The fourth-order valence-electron chi connectivity index (χ4n) is 4.49. The maximum atomic E-state index is 4.86. The number of hydrogen-bond acceptors (Lipinski definition) is 2. The van der Waals surface area contributed by atoms with Gasteiger partial charge in [-0.15, -0.1) is 0 Å². The molecule has 2 heteroatoms. The van der Waals surface area contributed by atoms with Gasteiger partial charge in [0, 0.05) is 23.5 Å². The number of aromatic nitrogens is 1. The Morgan fingerprint density at radius 3 is 2.33 bits per heavy atom. The minimum absolute atomic E-state index is 0.126. The van der Waals surface area contributed by atoms with E-state index >= 15 is 0 Å². The fraction of sp³-hybridized carbons (Fsp3) is 0.0968. The lowest BCUT2D eigenvalue weighted by Gasteiger charge is -2.20. The molecule has 4 aromatic rings. The summed E-state index contributed by atoms with van der Waals surface area (Å²) >= 11 is 0. The van der Waals surface area contributed by atoms with Gasteiger partial charge in [-0.05, 0) is 58.9 Å². The molecule has 1 aliphatic heterocycles. The minimum atomic E-state index is 0.126. The molecule has 1 unspecified atom stereocenters. The molecule has 160 valence electrons. The molecule has 0 fully saturated rings. The van der Waals surface area contributed by atoms with Crippen molar-refractivity contribution < 1.29 is 0 Å². The first-order chi connectivity index (χ1) is 16.2. The van der Waals surface area contributed by atoms with Gasteiger partial charge in [-0.2, -0.15) is 0 Å². The molecule has 2 nitrogen and oxygen atoms in total. The van der Waals surface area contributed by atoms with Crippen molar-refractivity contribution in [1.82, 2.24) is 4.98 Å². The molecule has 0 saturated carbocycles. The number of dihydropyridines is 1. The van der Waals surface area contributed by atoms with Crippen LogP contribution >= 0.6 is 0 Å². The zero-order valence-corrected chi connectivity index (χ0v) is 18.8. The van der Waals surface area contributed by atoms with E-state index in [-0.39, 0.29) is 6.04 Å². The number of rotatable bonds is 5. The average Bonchev–Trinajstić information content (AvgIpc) is 2.89. The highest BCUT2D eigenvalue weighted by Gasteiger charge is 2.18. The Morgan fingerprint density at radius 2 is 1.58 bits per heavy atom. The molecular formula is C31H26N2. The summed E-state index contributed by atoms with van der Waals surface area (Å²) in [5.41, 5.74) is 10.0. The zero-order chi connectivity index (χ0) is 22.6. The van der Waals surface area contributed by atoms with Crippen LogP contribution in [0.4, 0.5) is 0 Å². The predicted octanol–water partition coefficient (Wildman–Crippen LogP) is 7.86. The van der Waals surface area contributed by atoms with Crippen molar-refractivity contribution in [3.63, 3.8) is 0 Å². The SMILES string of the molecule is C=C(c1ccccc1-c1cc(C)c(-c2ccccc2)cn1)c1ccccc1C1CC=CC=N1. The third-order valence-electron chi connectivity index (χ3n) is 6.22. The fourth-order valence-corrected chi connectivity index (χ4v) is 4.49. The lowest BCUT2D eigenvalue weighted by atomic mass is 9.87. The van der Waals surface area contributed by atoms with Crippen LogP contribution in [0.3, 0.4) is 0 Å². The van der Waals surface area contributed by atoms with Gasteiger partial charge in [0.05, 0.1) is 11.7 Å². The summed E-state index contributed by atoms with van der Waals surface area (Å²) in [7, 11) is 0. The summed E-state index contributed by atoms with van der Waals surface area (Å²) < 4.78 is 0. The summed E-state index contributed by atoms with van der Waals surface area (Å²) in [5.74, 6) is 0. The Labute approximate surface area is 195 Å². The molecule has 0 saturated heterocycles. The molecule has 5 rings (SSSR count). The zero-order valence-electron chi connectivity index (χ0n) is 18.8. The van der Waals surface area contributed by atoms with E-state index in [1.54, 1.807) is 0 Å². The molecule has 0 spiro atoms. The molecule has 33 heavy (non-hydrogen) atoms. The van der Waals surface area contributed by atoms with Crippen molar-refractivity contribution in [2.75, 3.05) is 0 Å². The smallest absolute Gasteiger partial charge is 0.0789 e. The maximum Gasteiger partial charge on any atom is 0.0789 e. The second kappa shape index (κ2) is 9.22. The normalized spacial score (nSPS) is 14.9. The molecule has 0 amide bonds. The van der Waals surface area contributed by atoms with Gasteiger partial charge in [-0.3, -0.25) is 9.98 Å². The van der Waals surface area contributed by atoms with Crippen LogP contribution in [0.25, 0.3) is 28.0 Å². The summed E-state index contributed by atoms with van der Waals surface area (Å²) in [6.45, 7) is 6.67. The Hall–Kier alpha value is -4.04. The molecule has 0 aliphatic carbocycles. The number of aryl methyl sites for hydroxylation is 1. The van der Waals surface area contributed by atoms with Crippen LogP contribution in [0.5, 0.6) is 0 Å². The van der Waals surface area contributed by atoms with Crippen molar-refractivity contribution in [3.05, 3.63) is 132 Å². The van der Waals surface area contributed by atoms with Crippen LogP contribution in [-0.4, -0.2) is 11.2 Å². The van der Waals surface area contributed by atoms with Crippen molar-refractivity contribution >= 4 is 11.8 Å². The highest BCUT2D eigenvalue weighted by molar-refractivity contribution is 5.88. The van der Waals surface area contributed by atoms with Gasteiger partial charge in [0.2, 0.25) is 0 Å². The topological polar surface area (TPSA) is 25.2 Å². The Bertz CT molecular complexity index is 1360. The van der Waals surface area contributed by atoms with Crippen LogP contribution in [0.1, 0.15) is 34.7 Å². The molecular weight excluding hydrogens is 400 g/mol. The maximum absolute atomic E-state index is 4.86. The third kappa shape index (κ3) is 4.20. The van der Waals surface area contributed by atoms with Crippen molar-refractivity contribution in [2.24, 2.45) is 4.99 Å². The quantitative estimate of drug-likeness (QED) is 0.319. The first kappa shape index (κ1) is 20.8. The van der Waals surface area contributed by atoms with Crippen LogP contribution in [0.15, 0.2) is 115 Å². The van der Waals surface area contributed by atoms with Crippen LogP contribution < -0.4 is 0 Å². The largest absolute Gasteiger partial charge is 0.285 e. The highest BCUT2D eigenvalue weighted by Crippen LogP contribution is 2.37. The summed E-state index contributed by atoms with van der Waals surface area (Å²) in [6.07, 6.45) is 8.96. The van der Waals surface area contributed by atoms with Crippen molar-refractivity contribution in [3.8, 4) is 22.4 Å². The summed E-state index contributed by atoms with van der Waals surface area (Å²) in [4.78, 5) is 9.56. The van der Waals surface area contributed by atoms with Crippen molar-refractivity contribution in [1.29, 1.82) is 0 Å². The van der Waals surface area contributed by atoms with Gasteiger partial charge < -0.3 is 0 Å². The van der Waals surface area contributed by atoms with Gasteiger partial charge in [-0.25, -0.2) is 0 Å². The summed E-state index contributed by atoms with van der Waals surface area (Å²) in [6, 6.07) is 29.6. The van der Waals surface area contributed by atoms with E-state index in [1.165, 1.54) is 16.7 Å². The first-order valence-electron chi connectivity index (χ1n) is 11.3. The molecule has 0 N–H and O–H groups in total. The van der Waals surface area contributed by atoms with Gasteiger partial charge in [0.1, 0.15) is 0 Å². The van der Waals surface area contributed by atoms with E-state index in [9.17, 15) is 0 Å². The van der Waals surface area contributed by atoms with E-state index in [0.29, 0.717) is 0 Å². The summed E-state index contributed by atoms with van der Waals surface area (Å²) in [5, 5.41) is 0. The molecule has 0 bridgehead atoms. The number of benzene rings is 3. The van der Waals surface area contributed by atoms with E-state index in [0.717, 1.165) is 39.9 Å². The van der Waals surface area contributed by atoms with Gasteiger partial charge in [0.15, 0.2) is 0 Å². The van der Waals surface area contributed by atoms with Crippen LogP contribution in [0.2, 0.25) is 0 Å². The predicted molar refractivity (Wildman–Crippen MR) is 139 cm³/mol. The minimum Gasteiger partial charge on any atom is -0.285 e. The standard InChI is InChI=1S/C31H26N2/c1-22-20-31(33-21-29(22)24-12-4-3-5-13-24)28-17-9-7-15-26(28)23(2)25-14-6-8-16-27(25)30-18-10-11-19-32-30/h3-17,19-21,30H,2,18H2,1H3. The number of hydrogen-bond donors (Lipinski definition) is 0. The first-order valence-corrected chi connectivity index (χ1v) is 11.3. The number of allylic oxidation sites excluding steroid dienone is 1. The van der Waals surface area contributed by atoms with Crippen LogP contribution in [-0.2, 0) is 0 Å². The third-order valence-corrected chi connectivity index (χ3v) is 6.22. The highest BCUT2D eigenvalue weighted by atomic mass is 14.8. The van der Waals surface area contributed by atoms with E-state index in [2.05, 4.69) is 98.4 Å². The molecule has 1 atom stereocenters. The molecule has 3 aromatic carbocycles.